The molecule has 0 aromatic heterocycles. The second-order valence-corrected chi connectivity index (χ2v) is 6.86. The lowest BCUT2D eigenvalue weighted by Gasteiger charge is -2.27. The zero-order chi connectivity index (χ0) is 15.5. The smallest absolute Gasteiger partial charge is 0.201 e. The van der Waals surface area contributed by atoms with E-state index in [-0.39, 0.29) is 0 Å². The molecular weight excluding hydrogens is 331 g/mol. The standard InChI is InChI=1S/C16H15Cl3O2/c1-20-12-9-7-11(8-10-12)15(16(17,18)19)13-5-3-4-6-14(13)21-2/h3-10,15H,1-2H3/t15-/m1/s1. The van der Waals surface area contributed by atoms with Crippen LogP contribution in [-0.2, 0) is 0 Å². The predicted octanol–water partition coefficient (Wildman–Crippen LogP) is 5.21. The summed E-state index contributed by atoms with van der Waals surface area (Å²) >= 11 is 18.6. The van der Waals surface area contributed by atoms with Gasteiger partial charge in [0.25, 0.3) is 0 Å². The molecule has 112 valence electrons. The zero-order valence-corrected chi connectivity index (χ0v) is 13.9. The Kier molecular flexibility index (Phi) is 5.26. The first-order chi connectivity index (χ1) is 9.97. The Labute approximate surface area is 139 Å². The Hall–Kier alpha value is -1.09. The van der Waals surface area contributed by atoms with Gasteiger partial charge in [-0.3, -0.25) is 0 Å². The van der Waals surface area contributed by atoms with Crippen LogP contribution in [0, 0.1) is 0 Å². The van der Waals surface area contributed by atoms with Gasteiger partial charge in [0.15, 0.2) is 0 Å². The quantitative estimate of drug-likeness (QED) is 0.709. The molecule has 0 spiro atoms. The normalized spacial score (nSPS) is 12.8. The highest BCUT2D eigenvalue weighted by Gasteiger charge is 2.36. The lowest BCUT2D eigenvalue weighted by molar-refractivity contribution is 0.407. The van der Waals surface area contributed by atoms with E-state index in [1.165, 1.54) is 0 Å². The number of ether oxygens (including phenoxy) is 2. The molecule has 1 atom stereocenters. The van der Waals surface area contributed by atoms with Gasteiger partial charge in [-0.05, 0) is 23.8 Å². The number of methoxy groups -OCH3 is 2. The van der Waals surface area contributed by atoms with E-state index in [1.807, 2.05) is 48.5 Å². The number of alkyl halides is 3. The Morgan fingerprint density at radius 3 is 2.00 bits per heavy atom. The van der Waals surface area contributed by atoms with Crippen LogP contribution in [0.5, 0.6) is 11.5 Å². The molecule has 0 amide bonds. The highest BCUT2D eigenvalue weighted by molar-refractivity contribution is 6.68. The number of rotatable bonds is 4. The minimum absolute atomic E-state index is 0.440. The fourth-order valence-corrected chi connectivity index (χ4v) is 2.98. The van der Waals surface area contributed by atoms with Gasteiger partial charge in [-0.1, -0.05) is 65.1 Å². The Balaban J connectivity index is 2.53. The van der Waals surface area contributed by atoms with Gasteiger partial charge < -0.3 is 9.47 Å². The summed E-state index contributed by atoms with van der Waals surface area (Å²) in [4.78, 5) is 0. The van der Waals surface area contributed by atoms with Gasteiger partial charge in [0.05, 0.1) is 20.1 Å². The summed E-state index contributed by atoms with van der Waals surface area (Å²) in [5.41, 5.74) is 1.70. The molecule has 5 heteroatoms. The largest absolute Gasteiger partial charge is 0.497 e. The summed E-state index contributed by atoms with van der Waals surface area (Å²) in [5, 5.41) is 0. The number of hydrogen-bond acceptors (Lipinski definition) is 2. The molecule has 0 heterocycles. The summed E-state index contributed by atoms with van der Waals surface area (Å²) in [6, 6.07) is 15.0. The van der Waals surface area contributed by atoms with E-state index in [9.17, 15) is 0 Å². The summed E-state index contributed by atoms with van der Waals surface area (Å²) in [6.07, 6.45) is 0. The van der Waals surface area contributed by atoms with E-state index in [0.717, 1.165) is 16.9 Å². The van der Waals surface area contributed by atoms with E-state index < -0.39 is 9.71 Å². The third-order valence-corrected chi connectivity index (χ3v) is 3.88. The predicted molar refractivity (Wildman–Crippen MR) is 88.1 cm³/mol. The van der Waals surface area contributed by atoms with Crippen molar-refractivity contribution < 1.29 is 9.47 Å². The summed E-state index contributed by atoms with van der Waals surface area (Å²) in [5.74, 6) is 0.996. The van der Waals surface area contributed by atoms with Crippen LogP contribution in [-0.4, -0.2) is 18.0 Å². The molecule has 2 rings (SSSR count). The van der Waals surface area contributed by atoms with E-state index in [1.54, 1.807) is 14.2 Å². The van der Waals surface area contributed by atoms with Gasteiger partial charge in [0.1, 0.15) is 11.5 Å². The SMILES string of the molecule is COc1ccc([C@H](c2ccccc2OC)C(Cl)(Cl)Cl)cc1. The van der Waals surface area contributed by atoms with Crippen LogP contribution in [0.25, 0.3) is 0 Å². The van der Waals surface area contributed by atoms with Gasteiger partial charge >= 0.3 is 0 Å². The summed E-state index contributed by atoms with van der Waals surface area (Å²) in [7, 11) is 3.21. The Morgan fingerprint density at radius 2 is 1.48 bits per heavy atom. The van der Waals surface area contributed by atoms with E-state index in [0.29, 0.717) is 5.75 Å². The van der Waals surface area contributed by atoms with Crippen molar-refractivity contribution in [2.75, 3.05) is 14.2 Å². The highest BCUT2D eigenvalue weighted by atomic mass is 35.6. The van der Waals surface area contributed by atoms with Gasteiger partial charge in [-0.25, -0.2) is 0 Å². The third kappa shape index (κ3) is 3.76. The lowest BCUT2D eigenvalue weighted by atomic mass is 9.91. The van der Waals surface area contributed by atoms with Gasteiger partial charge in [-0.15, -0.1) is 0 Å². The Bertz CT molecular complexity index is 591. The molecule has 0 N–H and O–H groups in total. The topological polar surface area (TPSA) is 18.5 Å². The van der Waals surface area contributed by atoms with Crippen LogP contribution >= 0.6 is 34.8 Å². The second-order valence-electron chi connectivity index (χ2n) is 4.49. The molecule has 21 heavy (non-hydrogen) atoms. The molecule has 0 saturated carbocycles. The summed E-state index contributed by atoms with van der Waals surface area (Å²) < 4.78 is 9.05. The molecule has 0 saturated heterocycles. The molecule has 0 aliphatic rings. The number of halogens is 3. The van der Waals surface area contributed by atoms with Crippen molar-refractivity contribution in [3.8, 4) is 11.5 Å². The molecule has 2 aromatic rings. The van der Waals surface area contributed by atoms with Crippen molar-refractivity contribution in [2.45, 2.75) is 9.71 Å². The number of benzene rings is 2. The second kappa shape index (κ2) is 6.78. The Morgan fingerprint density at radius 1 is 0.857 bits per heavy atom. The lowest BCUT2D eigenvalue weighted by Crippen LogP contribution is -2.19. The fourth-order valence-electron chi connectivity index (χ4n) is 2.25. The van der Waals surface area contributed by atoms with E-state index in [2.05, 4.69) is 0 Å². The minimum atomic E-state index is -1.50. The molecule has 0 aliphatic carbocycles. The zero-order valence-electron chi connectivity index (χ0n) is 11.6. The molecule has 0 aliphatic heterocycles. The van der Waals surface area contributed by atoms with E-state index in [4.69, 9.17) is 44.3 Å². The van der Waals surface area contributed by atoms with Crippen LogP contribution < -0.4 is 9.47 Å². The maximum atomic E-state index is 6.21. The first-order valence-electron chi connectivity index (χ1n) is 6.31. The van der Waals surface area contributed by atoms with Crippen molar-refractivity contribution in [2.24, 2.45) is 0 Å². The van der Waals surface area contributed by atoms with Crippen molar-refractivity contribution in [1.29, 1.82) is 0 Å². The van der Waals surface area contributed by atoms with Gasteiger partial charge in [-0.2, -0.15) is 0 Å². The monoisotopic (exact) mass is 344 g/mol. The first-order valence-corrected chi connectivity index (χ1v) is 7.44. The van der Waals surface area contributed by atoms with Crippen molar-refractivity contribution in [1.82, 2.24) is 0 Å². The van der Waals surface area contributed by atoms with Crippen molar-refractivity contribution in [3.63, 3.8) is 0 Å². The third-order valence-electron chi connectivity index (χ3n) is 3.23. The number of para-hydroxylation sites is 1. The molecule has 0 fully saturated rings. The minimum Gasteiger partial charge on any atom is -0.497 e. The molecule has 2 aromatic carbocycles. The van der Waals surface area contributed by atoms with Crippen LogP contribution in [0.3, 0.4) is 0 Å². The van der Waals surface area contributed by atoms with Gasteiger partial charge in [0, 0.05) is 5.56 Å². The fraction of sp³-hybridized carbons (Fsp3) is 0.250. The maximum absolute atomic E-state index is 6.21. The van der Waals surface area contributed by atoms with Crippen LogP contribution in [0.2, 0.25) is 0 Å². The average molecular weight is 346 g/mol. The molecular formula is C16H15Cl3O2. The molecule has 0 bridgehead atoms. The molecule has 0 unspecified atom stereocenters. The molecule has 2 nitrogen and oxygen atoms in total. The van der Waals surface area contributed by atoms with Crippen molar-refractivity contribution in [3.05, 3.63) is 59.7 Å². The van der Waals surface area contributed by atoms with Crippen LogP contribution in [0.15, 0.2) is 48.5 Å². The summed E-state index contributed by atoms with van der Waals surface area (Å²) in [6.45, 7) is 0. The number of hydrogen-bond donors (Lipinski definition) is 0. The average Bonchev–Trinajstić information content (AvgIpc) is 2.47. The van der Waals surface area contributed by atoms with Crippen LogP contribution in [0.1, 0.15) is 17.0 Å². The van der Waals surface area contributed by atoms with Crippen LogP contribution in [0.4, 0.5) is 0 Å². The van der Waals surface area contributed by atoms with E-state index >= 15 is 0 Å². The van der Waals surface area contributed by atoms with Crippen molar-refractivity contribution >= 4 is 34.8 Å². The highest BCUT2D eigenvalue weighted by Crippen LogP contribution is 2.48. The first kappa shape index (κ1) is 16.3. The maximum Gasteiger partial charge on any atom is 0.201 e. The van der Waals surface area contributed by atoms with Gasteiger partial charge in [0.2, 0.25) is 3.79 Å². The molecule has 0 radical (unpaired) electrons.